The number of halogens is 2. The molecule has 31 heavy (non-hydrogen) atoms. The van der Waals surface area contributed by atoms with Gasteiger partial charge in [0.05, 0.1) is 17.6 Å². The van der Waals surface area contributed by atoms with Crippen LogP contribution in [-0.4, -0.2) is 46.4 Å². The molecule has 4 rings (SSSR count). The molecular weight excluding hydrogens is 445 g/mol. The van der Waals surface area contributed by atoms with Gasteiger partial charge >= 0.3 is 5.97 Å². The van der Waals surface area contributed by atoms with Crippen molar-refractivity contribution < 1.29 is 22.7 Å². The van der Waals surface area contributed by atoms with Crippen LogP contribution in [0.4, 0.5) is 4.39 Å². The fourth-order valence-electron chi connectivity index (χ4n) is 3.48. The van der Waals surface area contributed by atoms with Crippen molar-refractivity contribution in [3.8, 4) is 5.69 Å². The van der Waals surface area contributed by atoms with Crippen molar-refractivity contribution in [2.45, 2.75) is 6.54 Å². The van der Waals surface area contributed by atoms with Gasteiger partial charge in [-0.25, -0.2) is 22.3 Å². The van der Waals surface area contributed by atoms with E-state index in [1.54, 1.807) is 42.5 Å². The van der Waals surface area contributed by atoms with Gasteiger partial charge in [0.2, 0.25) is 10.0 Å². The molecule has 0 unspecified atom stereocenters. The number of benzene rings is 2. The average Bonchev–Trinajstić information content (AvgIpc) is 3.10. The summed E-state index contributed by atoms with van der Waals surface area (Å²) >= 11 is 5.98. The van der Waals surface area contributed by atoms with Crippen LogP contribution in [-0.2, 0) is 16.6 Å². The van der Waals surface area contributed by atoms with Gasteiger partial charge in [0.15, 0.2) is 5.69 Å². The molecule has 2 heterocycles. The van der Waals surface area contributed by atoms with Crippen LogP contribution in [0.5, 0.6) is 0 Å². The molecule has 3 aromatic rings. The number of carbonyl (C=O) groups is 1. The van der Waals surface area contributed by atoms with E-state index < -0.39 is 21.8 Å². The zero-order valence-electron chi connectivity index (χ0n) is 16.3. The molecule has 0 amide bonds. The molecule has 10 heteroatoms. The third-order valence-corrected chi connectivity index (χ3v) is 6.37. The van der Waals surface area contributed by atoms with Gasteiger partial charge in [0.1, 0.15) is 5.82 Å². The molecule has 1 aliphatic heterocycles. The molecule has 0 atom stereocenters. The van der Waals surface area contributed by atoms with E-state index >= 15 is 0 Å². The number of nitrogens with zero attached hydrogens (tertiary/aromatic N) is 3. The van der Waals surface area contributed by atoms with Gasteiger partial charge in [-0.2, -0.15) is 9.40 Å². The van der Waals surface area contributed by atoms with Gasteiger partial charge < -0.3 is 5.11 Å². The van der Waals surface area contributed by atoms with Crippen molar-refractivity contribution in [1.29, 1.82) is 0 Å². The lowest BCUT2D eigenvalue weighted by atomic mass is 9.99. The van der Waals surface area contributed by atoms with Crippen molar-refractivity contribution in [2.24, 2.45) is 0 Å². The Morgan fingerprint density at radius 3 is 2.35 bits per heavy atom. The highest BCUT2D eigenvalue weighted by Gasteiger charge is 2.34. The second-order valence-corrected chi connectivity index (χ2v) is 9.54. The van der Waals surface area contributed by atoms with Crippen LogP contribution in [0.1, 0.15) is 27.3 Å². The molecule has 1 aromatic heterocycles. The Balaban J connectivity index is 1.98. The summed E-state index contributed by atoms with van der Waals surface area (Å²) in [7, 11) is -3.62. The molecule has 160 valence electrons. The number of carboxylic acid groups (broad SMARTS) is 1. The first-order valence-electron chi connectivity index (χ1n) is 9.16. The standard InChI is InChI=1S/C21H17ClFN3O4S/c1-31(29,30)25-11-14(10-13-2-6-16(23)7-3-13)20-18(12-25)19(21(27)28)24-26(20)17-8-4-15(22)5-9-17/h2-10H,11-12H2,1H3,(H,27,28). The number of fused-ring (bicyclic) bond motifs is 1. The number of carboxylic acids is 1. The quantitative estimate of drug-likeness (QED) is 0.639. The molecule has 0 spiro atoms. The van der Waals surface area contributed by atoms with Crippen molar-refractivity contribution in [2.75, 3.05) is 12.8 Å². The Labute approximate surface area is 183 Å². The fraction of sp³-hybridized carbons (Fsp3) is 0.143. The van der Waals surface area contributed by atoms with Gasteiger partial charge in [-0.3, -0.25) is 0 Å². The van der Waals surface area contributed by atoms with Crippen LogP contribution in [0.25, 0.3) is 17.3 Å². The summed E-state index contributed by atoms with van der Waals surface area (Å²) in [5, 5.41) is 14.5. The van der Waals surface area contributed by atoms with Crippen molar-refractivity contribution in [1.82, 2.24) is 14.1 Å². The van der Waals surface area contributed by atoms with Crippen LogP contribution in [0.3, 0.4) is 0 Å². The first-order valence-corrected chi connectivity index (χ1v) is 11.4. The summed E-state index contributed by atoms with van der Waals surface area (Å²) in [6.45, 7) is -0.105. The predicted octanol–water partition coefficient (Wildman–Crippen LogP) is 3.68. The molecule has 7 nitrogen and oxygen atoms in total. The van der Waals surface area contributed by atoms with E-state index in [1.165, 1.54) is 21.1 Å². The lowest BCUT2D eigenvalue weighted by Crippen LogP contribution is -2.35. The Kier molecular flexibility index (Phi) is 5.42. The number of hydrogen-bond acceptors (Lipinski definition) is 4. The van der Waals surface area contributed by atoms with Gasteiger partial charge in [0.25, 0.3) is 0 Å². The minimum atomic E-state index is -3.62. The molecule has 1 aliphatic rings. The number of rotatable bonds is 4. The molecule has 2 aromatic carbocycles. The zero-order chi connectivity index (χ0) is 22.3. The highest BCUT2D eigenvalue weighted by atomic mass is 35.5. The molecule has 0 radical (unpaired) electrons. The number of aromatic carboxylic acids is 1. The van der Waals surface area contributed by atoms with E-state index in [4.69, 9.17) is 11.6 Å². The third kappa shape index (κ3) is 4.25. The monoisotopic (exact) mass is 461 g/mol. The summed E-state index contributed by atoms with van der Waals surface area (Å²) in [5.74, 6) is -1.66. The van der Waals surface area contributed by atoms with Crippen LogP contribution in [0, 0.1) is 5.82 Å². The first kappa shape index (κ1) is 21.2. The second-order valence-electron chi connectivity index (χ2n) is 7.12. The Bertz CT molecular complexity index is 1300. The van der Waals surface area contributed by atoms with Crippen molar-refractivity contribution >= 4 is 39.2 Å². The number of hydrogen-bond donors (Lipinski definition) is 1. The van der Waals surface area contributed by atoms with E-state index in [2.05, 4.69) is 5.10 Å². The Morgan fingerprint density at radius 2 is 1.77 bits per heavy atom. The summed E-state index contributed by atoms with van der Waals surface area (Å²) < 4.78 is 40.6. The maximum Gasteiger partial charge on any atom is 0.356 e. The van der Waals surface area contributed by atoms with Crippen LogP contribution >= 0.6 is 11.6 Å². The van der Waals surface area contributed by atoms with Crippen LogP contribution in [0.15, 0.2) is 48.5 Å². The number of sulfonamides is 1. The highest BCUT2D eigenvalue weighted by Crippen LogP contribution is 2.34. The lowest BCUT2D eigenvalue weighted by molar-refractivity contribution is 0.0688. The SMILES string of the molecule is CS(=O)(=O)N1CC(=Cc2ccc(F)cc2)c2c(c(C(=O)O)nn2-c2ccc(Cl)cc2)C1. The second kappa shape index (κ2) is 7.92. The highest BCUT2D eigenvalue weighted by molar-refractivity contribution is 7.88. The first-order chi connectivity index (χ1) is 14.6. The van der Waals surface area contributed by atoms with E-state index in [-0.39, 0.29) is 24.3 Å². The summed E-state index contributed by atoms with van der Waals surface area (Å²) in [4.78, 5) is 11.9. The third-order valence-electron chi connectivity index (χ3n) is 4.92. The molecule has 1 N–H and O–H groups in total. The minimum absolute atomic E-state index is 0.0154. The molecule has 0 saturated heterocycles. The number of aromatic nitrogens is 2. The largest absolute Gasteiger partial charge is 0.476 e. The van der Waals surface area contributed by atoms with E-state index in [0.29, 0.717) is 27.5 Å². The van der Waals surface area contributed by atoms with Crippen LogP contribution < -0.4 is 0 Å². The molecule has 0 saturated carbocycles. The maximum absolute atomic E-state index is 13.3. The molecular formula is C21H17ClFN3O4S. The Morgan fingerprint density at radius 1 is 1.13 bits per heavy atom. The molecule has 0 fully saturated rings. The van der Waals surface area contributed by atoms with Crippen LogP contribution in [0.2, 0.25) is 5.02 Å². The van der Waals surface area contributed by atoms with Gasteiger partial charge in [0, 0.05) is 23.7 Å². The van der Waals surface area contributed by atoms with Gasteiger partial charge in [-0.1, -0.05) is 23.7 Å². The lowest BCUT2D eigenvalue weighted by Gasteiger charge is -2.28. The predicted molar refractivity (Wildman–Crippen MR) is 115 cm³/mol. The maximum atomic E-state index is 13.3. The minimum Gasteiger partial charge on any atom is -0.476 e. The van der Waals surface area contributed by atoms with E-state index in [1.807, 2.05) is 0 Å². The topological polar surface area (TPSA) is 92.5 Å². The fourth-order valence-corrected chi connectivity index (χ4v) is 4.34. The van der Waals surface area contributed by atoms with Crippen molar-refractivity contribution in [3.05, 3.63) is 81.9 Å². The zero-order valence-corrected chi connectivity index (χ0v) is 17.9. The molecule has 0 aliphatic carbocycles. The molecule has 0 bridgehead atoms. The van der Waals surface area contributed by atoms with Gasteiger partial charge in [-0.05, 0) is 53.6 Å². The Hall–Kier alpha value is -3.01. The normalized spacial score (nSPS) is 15.8. The smallest absolute Gasteiger partial charge is 0.356 e. The average molecular weight is 462 g/mol. The van der Waals surface area contributed by atoms with Gasteiger partial charge in [-0.15, -0.1) is 0 Å². The summed E-state index contributed by atoms with van der Waals surface area (Å²) in [6, 6.07) is 12.4. The van der Waals surface area contributed by atoms with E-state index in [0.717, 1.165) is 6.26 Å². The van der Waals surface area contributed by atoms with Crippen molar-refractivity contribution in [3.63, 3.8) is 0 Å². The summed E-state index contributed by atoms with van der Waals surface area (Å²) in [6.07, 6.45) is 2.77. The summed E-state index contributed by atoms with van der Waals surface area (Å²) in [5.41, 5.74) is 2.29. The van der Waals surface area contributed by atoms with E-state index in [9.17, 15) is 22.7 Å².